The molecule has 1 aromatic carbocycles. The molecule has 1 aromatic rings. The van der Waals surface area contributed by atoms with Crippen LogP contribution in [-0.2, 0) is 11.2 Å². The SMILES string of the molecule is O=C(Cc1ccc(F)c(F)c1)N[C@H]1CCCC[C@@H]1O. The number of hydrogen-bond acceptors (Lipinski definition) is 2. The van der Waals surface area contributed by atoms with Crippen LogP contribution in [0.25, 0.3) is 0 Å². The Morgan fingerprint density at radius 3 is 2.68 bits per heavy atom. The summed E-state index contributed by atoms with van der Waals surface area (Å²) < 4.78 is 25.8. The lowest BCUT2D eigenvalue weighted by Gasteiger charge is -2.28. The molecule has 0 heterocycles. The quantitative estimate of drug-likeness (QED) is 0.881. The van der Waals surface area contributed by atoms with E-state index in [1.54, 1.807) is 0 Å². The van der Waals surface area contributed by atoms with Gasteiger partial charge in [0, 0.05) is 0 Å². The number of carbonyl (C=O) groups excluding carboxylic acids is 1. The second kappa shape index (κ2) is 6.10. The molecule has 5 heteroatoms. The fourth-order valence-electron chi connectivity index (χ4n) is 2.37. The molecule has 2 atom stereocenters. The first-order chi connectivity index (χ1) is 9.06. The number of carbonyl (C=O) groups is 1. The molecule has 0 aliphatic heterocycles. The summed E-state index contributed by atoms with van der Waals surface area (Å²) >= 11 is 0. The van der Waals surface area contributed by atoms with E-state index in [-0.39, 0.29) is 18.4 Å². The van der Waals surface area contributed by atoms with Gasteiger partial charge >= 0.3 is 0 Å². The van der Waals surface area contributed by atoms with Crippen molar-refractivity contribution < 1.29 is 18.7 Å². The van der Waals surface area contributed by atoms with Crippen molar-refractivity contribution in [2.75, 3.05) is 0 Å². The summed E-state index contributed by atoms with van der Waals surface area (Å²) in [5, 5.41) is 12.5. The van der Waals surface area contributed by atoms with Gasteiger partial charge in [-0.3, -0.25) is 4.79 Å². The highest BCUT2D eigenvalue weighted by molar-refractivity contribution is 5.78. The second-order valence-corrected chi connectivity index (χ2v) is 4.95. The Labute approximate surface area is 110 Å². The van der Waals surface area contributed by atoms with Gasteiger partial charge in [-0.1, -0.05) is 18.9 Å². The minimum absolute atomic E-state index is 0.0135. The zero-order chi connectivity index (χ0) is 13.8. The van der Waals surface area contributed by atoms with Crippen molar-refractivity contribution in [2.24, 2.45) is 0 Å². The van der Waals surface area contributed by atoms with E-state index >= 15 is 0 Å². The molecule has 3 nitrogen and oxygen atoms in total. The van der Waals surface area contributed by atoms with E-state index in [0.29, 0.717) is 12.0 Å². The van der Waals surface area contributed by atoms with Crippen LogP contribution in [0.5, 0.6) is 0 Å². The zero-order valence-corrected chi connectivity index (χ0v) is 10.5. The fraction of sp³-hybridized carbons (Fsp3) is 0.500. The number of aliphatic hydroxyl groups is 1. The van der Waals surface area contributed by atoms with Crippen molar-refractivity contribution in [2.45, 2.75) is 44.2 Å². The maximum atomic E-state index is 13.0. The van der Waals surface area contributed by atoms with E-state index in [0.717, 1.165) is 31.4 Å². The van der Waals surface area contributed by atoms with Crippen LogP contribution in [0.4, 0.5) is 8.78 Å². The Morgan fingerprint density at radius 1 is 1.26 bits per heavy atom. The van der Waals surface area contributed by atoms with Gasteiger partial charge in [0.15, 0.2) is 11.6 Å². The highest BCUT2D eigenvalue weighted by Crippen LogP contribution is 2.18. The van der Waals surface area contributed by atoms with E-state index < -0.39 is 17.7 Å². The molecule has 0 aromatic heterocycles. The van der Waals surface area contributed by atoms with Crippen molar-refractivity contribution in [3.05, 3.63) is 35.4 Å². The number of halogens is 2. The third-order valence-corrected chi connectivity index (χ3v) is 3.42. The van der Waals surface area contributed by atoms with Gasteiger partial charge in [0.25, 0.3) is 0 Å². The summed E-state index contributed by atoms with van der Waals surface area (Å²) in [6.45, 7) is 0. The first-order valence-corrected chi connectivity index (χ1v) is 6.47. The Kier molecular flexibility index (Phi) is 4.47. The van der Waals surface area contributed by atoms with Crippen molar-refractivity contribution >= 4 is 5.91 Å². The number of amides is 1. The molecule has 1 amide bonds. The molecular weight excluding hydrogens is 252 g/mol. The summed E-state index contributed by atoms with van der Waals surface area (Å²) in [4.78, 5) is 11.8. The lowest BCUT2D eigenvalue weighted by atomic mass is 9.92. The molecule has 2 N–H and O–H groups in total. The van der Waals surface area contributed by atoms with Crippen molar-refractivity contribution in [3.8, 4) is 0 Å². The normalized spacial score (nSPS) is 23.1. The lowest BCUT2D eigenvalue weighted by Crippen LogP contribution is -2.45. The predicted octanol–water partition coefficient (Wildman–Crippen LogP) is 1.93. The van der Waals surface area contributed by atoms with Crippen molar-refractivity contribution in [1.29, 1.82) is 0 Å². The van der Waals surface area contributed by atoms with E-state index in [9.17, 15) is 18.7 Å². The van der Waals surface area contributed by atoms with Crippen LogP contribution in [-0.4, -0.2) is 23.2 Å². The van der Waals surface area contributed by atoms with E-state index in [1.165, 1.54) is 6.07 Å². The average Bonchev–Trinajstić information content (AvgIpc) is 2.37. The van der Waals surface area contributed by atoms with Gasteiger partial charge in [0.1, 0.15) is 0 Å². The van der Waals surface area contributed by atoms with Gasteiger partial charge in [-0.15, -0.1) is 0 Å². The Morgan fingerprint density at radius 2 is 2.00 bits per heavy atom. The van der Waals surface area contributed by atoms with Gasteiger partial charge in [-0.05, 0) is 30.5 Å². The molecule has 19 heavy (non-hydrogen) atoms. The molecule has 1 fully saturated rings. The molecular formula is C14H17F2NO2. The number of benzene rings is 1. The molecule has 104 valence electrons. The highest BCUT2D eigenvalue weighted by Gasteiger charge is 2.24. The maximum absolute atomic E-state index is 13.0. The molecule has 0 spiro atoms. The third-order valence-electron chi connectivity index (χ3n) is 3.42. The minimum Gasteiger partial charge on any atom is -0.391 e. The standard InChI is InChI=1S/C14H17F2NO2/c15-10-6-5-9(7-11(10)16)8-14(19)17-12-3-1-2-4-13(12)18/h5-7,12-13,18H,1-4,8H2,(H,17,19)/t12-,13-/m0/s1. The smallest absolute Gasteiger partial charge is 0.224 e. The maximum Gasteiger partial charge on any atom is 0.224 e. The number of aliphatic hydroxyl groups excluding tert-OH is 1. The summed E-state index contributed by atoms with van der Waals surface area (Å²) in [6, 6.07) is 3.18. The van der Waals surface area contributed by atoms with Gasteiger partial charge in [-0.2, -0.15) is 0 Å². The third kappa shape index (κ3) is 3.73. The Hall–Kier alpha value is -1.49. The molecule has 1 aliphatic rings. The first kappa shape index (κ1) is 13.9. The minimum atomic E-state index is -0.956. The number of rotatable bonds is 3. The van der Waals surface area contributed by atoms with Crippen LogP contribution >= 0.6 is 0 Å². The van der Waals surface area contributed by atoms with Crippen LogP contribution in [0, 0.1) is 11.6 Å². The largest absolute Gasteiger partial charge is 0.391 e. The molecule has 0 bridgehead atoms. The topological polar surface area (TPSA) is 49.3 Å². The van der Waals surface area contributed by atoms with Crippen LogP contribution in [0.2, 0.25) is 0 Å². The van der Waals surface area contributed by atoms with Crippen LogP contribution in [0.15, 0.2) is 18.2 Å². The predicted molar refractivity (Wildman–Crippen MR) is 66.5 cm³/mol. The average molecular weight is 269 g/mol. The van der Waals surface area contributed by atoms with E-state index in [4.69, 9.17) is 0 Å². The highest BCUT2D eigenvalue weighted by atomic mass is 19.2. The summed E-state index contributed by atoms with van der Waals surface area (Å²) in [7, 11) is 0. The lowest BCUT2D eigenvalue weighted by molar-refractivity contribution is -0.122. The second-order valence-electron chi connectivity index (χ2n) is 4.95. The van der Waals surface area contributed by atoms with Gasteiger partial charge in [0.05, 0.1) is 18.6 Å². The van der Waals surface area contributed by atoms with E-state index in [2.05, 4.69) is 5.32 Å². The first-order valence-electron chi connectivity index (χ1n) is 6.47. The summed E-state index contributed by atoms with van der Waals surface area (Å²) in [5.41, 5.74) is 0.418. The zero-order valence-electron chi connectivity index (χ0n) is 10.5. The van der Waals surface area contributed by atoms with Gasteiger partial charge < -0.3 is 10.4 Å². The Balaban J connectivity index is 1.91. The van der Waals surface area contributed by atoms with Crippen LogP contribution in [0.1, 0.15) is 31.2 Å². The van der Waals surface area contributed by atoms with Crippen molar-refractivity contribution in [3.63, 3.8) is 0 Å². The van der Waals surface area contributed by atoms with Crippen LogP contribution in [0.3, 0.4) is 0 Å². The summed E-state index contributed by atoms with van der Waals surface area (Å²) in [6.07, 6.45) is 2.87. The number of hydrogen-bond donors (Lipinski definition) is 2. The molecule has 2 rings (SSSR count). The molecule has 1 saturated carbocycles. The monoisotopic (exact) mass is 269 g/mol. The van der Waals surface area contributed by atoms with Crippen molar-refractivity contribution in [1.82, 2.24) is 5.32 Å². The van der Waals surface area contributed by atoms with Gasteiger partial charge in [0.2, 0.25) is 5.91 Å². The number of nitrogens with one attached hydrogen (secondary N) is 1. The molecule has 0 radical (unpaired) electrons. The van der Waals surface area contributed by atoms with E-state index in [1.807, 2.05) is 0 Å². The fourth-order valence-corrected chi connectivity index (χ4v) is 2.37. The molecule has 1 aliphatic carbocycles. The Bertz CT molecular complexity index is 465. The molecule has 0 unspecified atom stereocenters. The summed E-state index contributed by atoms with van der Waals surface area (Å²) in [5.74, 6) is -2.16. The van der Waals surface area contributed by atoms with Gasteiger partial charge in [-0.25, -0.2) is 8.78 Å². The van der Waals surface area contributed by atoms with Crippen LogP contribution < -0.4 is 5.32 Å². The molecule has 0 saturated heterocycles.